The molecule has 1 amide bonds. The molecule has 2 aromatic heterocycles. The molecular formula is C22H28N8O. The lowest BCUT2D eigenvalue weighted by Gasteiger charge is -2.35. The van der Waals surface area contributed by atoms with Gasteiger partial charge >= 0.3 is 0 Å². The van der Waals surface area contributed by atoms with Crippen molar-refractivity contribution in [2.24, 2.45) is 12.0 Å². The van der Waals surface area contributed by atoms with Gasteiger partial charge in [-0.15, -0.1) is 0 Å². The number of carbonyl (C=O) groups is 1. The summed E-state index contributed by atoms with van der Waals surface area (Å²) in [4.78, 5) is 25.3. The summed E-state index contributed by atoms with van der Waals surface area (Å²) in [6.45, 7) is 3.10. The Morgan fingerprint density at radius 1 is 1.23 bits per heavy atom. The summed E-state index contributed by atoms with van der Waals surface area (Å²) in [7, 11) is 3.60. The molecule has 9 heteroatoms. The fourth-order valence-corrected chi connectivity index (χ4v) is 3.79. The van der Waals surface area contributed by atoms with E-state index < -0.39 is 0 Å². The number of aliphatic imine (C=N–C) groups is 1. The van der Waals surface area contributed by atoms with E-state index in [9.17, 15) is 4.79 Å². The van der Waals surface area contributed by atoms with Gasteiger partial charge in [0.1, 0.15) is 12.4 Å². The van der Waals surface area contributed by atoms with Crippen LogP contribution >= 0.6 is 0 Å². The Bertz CT molecular complexity index is 1040. The van der Waals surface area contributed by atoms with Crippen molar-refractivity contribution >= 4 is 17.6 Å². The molecule has 1 saturated heterocycles. The number of hydrogen-bond acceptors (Lipinski definition) is 4. The van der Waals surface area contributed by atoms with E-state index in [1.54, 1.807) is 22.8 Å². The van der Waals surface area contributed by atoms with E-state index in [-0.39, 0.29) is 12.5 Å². The number of hydrogen-bond donors (Lipinski definition) is 1. The number of imidazole rings is 1. The Hall–Kier alpha value is -3.62. The van der Waals surface area contributed by atoms with Crippen molar-refractivity contribution in [1.82, 2.24) is 29.5 Å². The van der Waals surface area contributed by atoms with Crippen molar-refractivity contribution in [2.45, 2.75) is 13.0 Å². The molecule has 1 aromatic carbocycles. The average molecular weight is 421 g/mol. The van der Waals surface area contributed by atoms with Gasteiger partial charge < -0.3 is 19.7 Å². The molecule has 3 heterocycles. The van der Waals surface area contributed by atoms with Gasteiger partial charge in [-0.25, -0.2) is 4.98 Å². The number of nitrogens with zero attached hydrogens (tertiary/aromatic N) is 7. The van der Waals surface area contributed by atoms with Gasteiger partial charge in [0.05, 0.1) is 11.9 Å². The summed E-state index contributed by atoms with van der Waals surface area (Å²) in [5, 5.41) is 7.54. The largest absolute Gasteiger partial charge is 0.356 e. The average Bonchev–Trinajstić information content (AvgIpc) is 3.41. The van der Waals surface area contributed by atoms with Crippen LogP contribution < -0.4 is 10.2 Å². The van der Waals surface area contributed by atoms with E-state index in [0.29, 0.717) is 19.6 Å². The summed E-state index contributed by atoms with van der Waals surface area (Å²) >= 11 is 0. The lowest BCUT2D eigenvalue weighted by atomic mass is 10.2. The van der Waals surface area contributed by atoms with Gasteiger partial charge in [-0.2, -0.15) is 5.10 Å². The zero-order valence-corrected chi connectivity index (χ0v) is 18.0. The minimum atomic E-state index is 0.0422. The topological polar surface area (TPSA) is 83.6 Å². The molecule has 9 nitrogen and oxygen atoms in total. The van der Waals surface area contributed by atoms with Gasteiger partial charge in [-0.05, 0) is 5.56 Å². The van der Waals surface area contributed by atoms with Crippen molar-refractivity contribution in [3.63, 3.8) is 0 Å². The van der Waals surface area contributed by atoms with Crippen molar-refractivity contribution in [3.8, 4) is 0 Å². The lowest BCUT2D eigenvalue weighted by molar-refractivity contribution is -0.120. The third kappa shape index (κ3) is 4.93. The Kier molecular flexibility index (Phi) is 6.30. The highest BCUT2D eigenvalue weighted by molar-refractivity contribution is 5.98. The van der Waals surface area contributed by atoms with Crippen LogP contribution in [0.3, 0.4) is 0 Å². The SMILES string of the molecule is CN=C(NCCc1nccn1Cc1ccccc1)N1CCN(c2cnn(C)c2)C(=O)C1. The molecule has 0 atom stereocenters. The molecule has 0 spiro atoms. The third-order valence-corrected chi connectivity index (χ3v) is 5.36. The summed E-state index contributed by atoms with van der Waals surface area (Å²) in [6.07, 6.45) is 8.19. The molecule has 0 unspecified atom stereocenters. The fraction of sp³-hybridized carbons (Fsp3) is 0.364. The molecule has 0 radical (unpaired) electrons. The maximum atomic E-state index is 12.7. The molecule has 0 bridgehead atoms. The van der Waals surface area contributed by atoms with Gasteiger partial charge in [0.2, 0.25) is 5.91 Å². The number of guanidine groups is 1. The number of rotatable bonds is 6. The molecule has 1 N–H and O–H groups in total. The smallest absolute Gasteiger partial charge is 0.246 e. The highest BCUT2D eigenvalue weighted by Gasteiger charge is 2.27. The number of aryl methyl sites for hydroxylation is 1. The van der Waals surface area contributed by atoms with Crippen molar-refractivity contribution in [2.75, 3.05) is 38.1 Å². The second-order valence-electron chi connectivity index (χ2n) is 7.52. The van der Waals surface area contributed by atoms with E-state index in [1.807, 2.05) is 48.7 Å². The van der Waals surface area contributed by atoms with Crippen LogP contribution in [0.4, 0.5) is 5.69 Å². The van der Waals surface area contributed by atoms with Gasteiger partial charge in [0.15, 0.2) is 5.96 Å². The normalized spacial score (nSPS) is 14.9. The first-order chi connectivity index (χ1) is 15.1. The number of benzene rings is 1. The van der Waals surface area contributed by atoms with Gasteiger partial charge in [0.25, 0.3) is 0 Å². The van der Waals surface area contributed by atoms with E-state index >= 15 is 0 Å². The number of aromatic nitrogens is 4. The Balaban J connectivity index is 1.30. The summed E-state index contributed by atoms with van der Waals surface area (Å²) < 4.78 is 3.87. The number of amides is 1. The zero-order valence-electron chi connectivity index (χ0n) is 18.0. The predicted octanol–water partition coefficient (Wildman–Crippen LogP) is 1.13. The zero-order chi connectivity index (χ0) is 21.6. The van der Waals surface area contributed by atoms with Crippen LogP contribution in [0.15, 0.2) is 60.1 Å². The monoisotopic (exact) mass is 420 g/mol. The van der Waals surface area contributed by atoms with E-state index in [2.05, 4.69) is 37.1 Å². The summed E-state index contributed by atoms with van der Waals surface area (Å²) in [5.41, 5.74) is 2.08. The molecule has 1 aliphatic rings. The number of nitrogens with one attached hydrogen (secondary N) is 1. The van der Waals surface area contributed by atoms with Crippen molar-refractivity contribution < 1.29 is 4.79 Å². The van der Waals surface area contributed by atoms with Crippen LogP contribution in [0.2, 0.25) is 0 Å². The third-order valence-electron chi connectivity index (χ3n) is 5.36. The standard InChI is InChI=1S/C22H28N8O/c1-23-22(29-12-13-30(21(31)17-29)19-14-26-27(2)16-19)25-9-8-20-24-10-11-28(20)15-18-6-4-3-5-7-18/h3-7,10-11,14,16H,8-9,12-13,15,17H2,1-2H3,(H,23,25). The van der Waals surface area contributed by atoms with Crippen LogP contribution in [0.1, 0.15) is 11.4 Å². The molecule has 4 rings (SSSR count). The first-order valence-electron chi connectivity index (χ1n) is 10.4. The number of carbonyl (C=O) groups excluding carboxylic acids is 1. The molecule has 162 valence electrons. The van der Waals surface area contributed by atoms with Crippen LogP contribution in [0, 0.1) is 0 Å². The van der Waals surface area contributed by atoms with Crippen LogP contribution in [-0.4, -0.2) is 69.3 Å². The molecule has 1 aliphatic heterocycles. The maximum Gasteiger partial charge on any atom is 0.246 e. The first kappa shape index (κ1) is 20.6. The van der Waals surface area contributed by atoms with E-state index in [4.69, 9.17) is 0 Å². The second-order valence-corrected chi connectivity index (χ2v) is 7.52. The molecule has 1 fully saturated rings. The summed E-state index contributed by atoms with van der Waals surface area (Å²) in [6, 6.07) is 10.4. The molecular weight excluding hydrogens is 392 g/mol. The predicted molar refractivity (Wildman–Crippen MR) is 120 cm³/mol. The summed E-state index contributed by atoms with van der Waals surface area (Å²) in [5.74, 6) is 1.80. The maximum absolute atomic E-state index is 12.7. The molecule has 0 aliphatic carbocycles. The van der Waals surface area contributed by atoms with Crippen molar-refractivity contribution in [3.05, 3.63) is 66.5 Å². The first-order valence-corrected chi connectivity index (χ1v) is 10.4. The van der Waals surface area contributed by atoms with E-state index in [0.717, 1.165) is 30.4 Å². The minimum absolute atomic E-state index is 0.0422. The fourth-order valence-electron chi connectivity index (χ4n) is 3.79. The van der Waals surface area contributed by atoms with Crippen LogP contribution in [-0.2, 0) is 24.8 Å². The van der Waals surface area contributed by atoms with Crippen LogP contribution in [0.25, 0.3) is 0 Å². The lowest BCUT2D eigenvalue weighted by Crippen LogP contribution is -2.55. The highest BCUT2D eigenvalue weighted by Crippen LogP contribution is 2.16. The number of piperazine rings is 1. The minimum Gasteiger partial charge on any atom is -0.356 e. The second kappa shape index (κ2) is 9.46. The quantitative estimate of drug-likeness (QED) is 0.478. The van der Waals surface area contributed by atoms with Gasteiger partial charge in [-0.3, -0.25) is 14.5 Å². The molecule has 0 saturated carbocycles. The Morgan fingerprint density at radius 3 is 2.77 bits per heavy atom. The van der Waals surface area contributed by atoms with Crippen LogP contribution in [0.5, 0.6) is 0 Å². The van der Waals surface area contributed by atoms with Gasteiger partial charge in [-0.1, -0.05) is 30.3 Å². The van der Waals surface area contributed by atoms with E-state index in [1.165, 1.54) is 5.56 Å². The Morgan fingerprint density at radius 2 is 2.06 bits per heavy atom. The highest BCUT2D eigenvalue weighted by atomic mass is 16.2. The molecule has 31 heavy (non-hydrogen) atoms. The molecule has 3 aromatic rings. The van der Waals surface area contributed by atoms with Gasteiger partial charge in [0, 0.05) is 65.3 Å². The van der Waals surface area contributed by atoms with Crippen molar-refractivity contribution in [1.29, 1.82) is 0 Å². The number of anilines is 1. The Labute approximate surface area is 182 Å².